The van der Waals surface area contributed by atoms with Crippen molar-refractivity contribution < 1.29 is 13.9 Å². The Morgan fingerprint density at radius 3 is 2.61 bits per heavy atom. The van der Waals surface area contributed by atoms with Crippen LogP contribution in [0.2, 0.25) is 0 Å². The van der Waals surface area contributed by atoms with Crippen LogP contribution < -0.4 is 4.74 Å². The van der Waals surface area contributed by atoms with Crippen molar-refractivity contribution in [2.45, 2.75) is 57.8 Å². The maximum absolute atomic E-state index is 14.2. The molecule has 0 aliphatic heterocycles. The van der Waals surface area contributed by atoms with Crippen LogP contribution in [0.1, 0.15) is 73.7 Å². The van der Waals surface area contributed by atoms with Crippen LogP contribution in [0.3, 0.4) is 0 Å². The summed E-state index contributed by atoms with van der Waals surface area (Å²) < 4.78 is 20.1. The molecule has 0 saturated heterocycles. The maximum atomic E-state index is 14.2. The minimum absolute atomic E-state index is 0.152. The number of rotatable bonds is 6. The molecule has 124 valence electrons. The minimum atomic E-state index is -0.510. The smallest absolute Gasteiger partial charge is 0.162 e. The van der Waals surface area contributed by atoms with Gasteiger partial charge in [-0.1, -0.05) is 19.3 Å². The van der Waals surface area contributed by atoms with E-state index in [2.05, 4.69) is 0 Å². The maximum Gasteiger partial charge on any atom is 0.162 e. The third-order valence-electron chi connectivity index (χ3n) is 5.17. The van der Waals surface area contributed by atoms with Crippen molar-refractivity contribution in [1.29, 1.82) is 5.41 Å². The second kappa shape index (κ2) is 6.42. The lowest BCUT2D eigenvalue weighted by Gasteiger charge is -2.33. The average molecular weight is 317 g/mol. The Bertz CT molecular complexity index is 616. The Balaban J connectivity index is 1.83. The average Bonchev–Trinajstić information content (AvgIpc) is 3.38. The van der Waals surface area contributed by atoms with Gasteiger partial charge in [-0.25, -0.2) is 4.39 Å². The highest BCUT2D eigenvalue weighted by Crippen LogP contribution is 2.46. The molecule has 0 heterocycles. The first-order valence-corrected chi connectivity index (χ1v) is 8.53. The van der Waals surface area contributed by atoms with Crippen LogP contribution in [0.25, 0.3) is 0 Å². The number of hydrogen-bond donors (Lipinski definition) is 1. The van der Waals surface area contributed by atoms with Crippen LogP contribution in [0.4, 0.5) is 4.39 Å². The molecule has 0 spiro atoms. The van der Waals surface area contributed by atoms with Gasteiger partial charge in [0, 0.05) is 17.7 Å². The largest absolute Gasteiger partial charge is 0.492 e. The van der Waals surface area contributed by atoms with E-state index in [4.69, 9.17) is 10.1 Å². The topological polar surface area (TPSA) is 50.2 Å². The SMILES string of the molecule is CC(=O)c1cc(C2CC2)c(OCC2(C=N)CCCCC2)cc1F. The molecule has 0 unspecified atom stereocenters. The van der Waals surface area contributed by atoms with Crippen LogP contribution in [0, 0.1) is 16.6 Å². The first kappa shape index (κ1) is 16.2. The van der Waals surface area contributed by atoms with Gasteiger partial charge in [-0.05, 0) is 50.2 Å². The van der Waals surface area contributed by atoms with Crippen molar-refractivity contribution in [2.75, 3.05) is 6.61 Å². The van der Waals surface area contributed by atoms with Gasteiger partial charge in [0.25, 0.3) is 0 Å². The van der Waals surface area contributed by atoms with E-state index in [1.54, 1.807) is 6.07 Å². The number of nitrogens with one attached hydrogen (secondary N) is 1. The lowest BCUT2D eigenvalue weighted by Crippen LogP contribution is -2.32. The highest BCUT2D eigenvalue weighted by molar-refractivity contribution is 5.94. The first-order valence-electron chi connectivity index (χ1n) is 8.53. The molecule has 1 aromatic rings. The summed E-state index contributed by atoms with van der Waals surface area (Å²) in [7, 11) is 0. The van der Waals surface area contributed by atoms with E-state index < -0.39 is 5.82 Å². The summed E-state index contributed by atoms with van der Waals surface area (Å²) in [6.07, 6.45) is 9.02. The Morgan fingerprint density at radius 2 is 2.04 bits per heavy atom. The molecule has 0 amide bonds. The van der Waals surface area contributed by atoms with Crippen LogP contribution in [0.5, 0.6) is 5.75 Å². The third-order valence-corrected chi connectivity index (χ3v) is 5.17. The van der Waals surface area contributed by atoms with E-state index in [1.165, 1.54) is 25.6 Å². The first-order chi connectivity index (χ1) is 11.0. The molecule has 0 bridgehead atoms. The molecule has 23 heavy (non-hydrogen) atoms. The molecule has 2 aliphatic rings. The standard InChI is InChI=1S/C19H24FNO2/c1-13(22)15-9-16(14-5-6-14)18(10-17(15)20)23-12-19(11-21)7-3-2-4-8-19/h9-11,14,21H,2-8,12H2,1H3. The molecule has 2 saturated carbocycles. The molecule has 3 nitrogen and oxygen atoms in total. The molecule has 4 heteroatoms. The van der Waals surface area contributed by atoms with Gasteiger partial charge in [-0.2, -0.15) is 0 Å². The molecule has 0 atom stereocenters. The van der Waals surface area contributed by atoms with E-state index >= 15 is 0 Å². The molecule has 0 radical (unpaired) electrons. The number of halogens is 1. The summed E-state index contributed by atoms with van der Waals surface area (Å²) in [6.45, 7) is 1.82. The zero-order valence-electron chi connectivity index (χ0n) is 13.7. The number of benzene rings is 1. The fraction of sp³-hybridized carbons (Fsp3) is 0.579. The van der Waals surface area contributed by atoms with E-state index in [1.807, 2.05) is 0 Å². The zero-order valence-corrected chi connectivity index (χ0v) is 13.7. The van der Waals surface area contributed by atoms with Gasteiger partial charge in [0.1, 0.15) is 11.6 Å². The monoisotopic (exact) mass is 317 g/mol. The summed E-state index contributed by atoms with van der Waals surface area (Å²) in [5, 5.41) is 7.77. The lowest BCUT2D eigenvalue weighted by molar-refractivity contribution is 0.101. The second-order valence-electron chi connectivity index (χ2n) is 7.06. The number of ketones is 1. The van der Waals surface area contributed by atoms with Crippen molar-refractivity contribution in [3.05, 3.63) is 29.1 Å². The van der Waals surface area contributed by atoms with Gasteiger partial charge < -0.3 is 10.1 Å². The van der Waals surface area contributed by atoms with E-state index in [0.29, 0.717) is 18.3 Å². The molecular formula is C19H24FNO2. The van der Waals surface area contributed by atoms with Gasteiger partial charge in [0.05, 0.1) is 12.2 Å². The number of Topliss-reactive ketones (excluding diaryl/α,β-unsaturated/α-hetero) is 1. The summed E-state index contributed by atoms with van der Waals surface area (Å²) in [5.74, 6) is 0.177. The van der Waals surface area contributed by atoms with E-state index in [0.717, 1.165) is 44.1 Å². The number of ether oxygens (including phenoxy) is 1. The van der Waals surface area contributed by atoms with E-state index in [9.17, 15) is 9.18 Å². The summed E-state index contributed by atoms with van der Waals surface area (Å²) in [4.78, 5) is 11.6. The molecule has 3 rings (SSSR count). The van der Waals surface area contributed by atoms with Crippen molar-refractivity contribution in [3.8, 4) is 5.75 Å². The Kier molecular flexibility index (Phi) is 4.51. The molecule has 0 aromatic heterocycles. The highest BCUT2D eigenvalue weighted by Gasteiger charge is 2.33. The van der Waals surface area contributed by atoms with Gasteiger partial charge in [0.15, 0.2) is 5.78 Å². The quantitative estimate of drug-likeness (QED) is 0.600. The summed E-state index contributed by atoms with van der Waals surface area (Å²) in [6, 6.07) is 3.04. The Morgan fingerprint density at radius 1 is 1.35 bits per heavy atom. The Hall–Kier alpha value is -1.71. The van der Waals surface area contributed by atoms with Crippen LogP contribution >= 0.6 is 0 Å². The zero-order chi connectivity index (χ0) is 16.4. The number of carbonyl (C=O) groups excluding carboxylic acids is 1. The predicted octanol–water partition coefficient (Wildman–Crippen LogP) is 4.88. The normalized spacial score (nSPS) is 20.1. The molecule has 1 aromatic carbocycles. The van der Waals surface area contributed by atoms with Crippen LogP contribution in [-0.2, 0) is 0 Å². The summed E-state index contributed by atoms with van der Waals surface area (Å²) >= 11 is 0. The summed E-state index contributed by atoms with van der Waals surface area (Å²) in [5.41, 5.74) is 0.889. The van der Waals surface area contributed by atoms with Crippen LogP contribution in [0.15, 0.2) is 12.1 Å². The van der Waals surface area contributed by atoms with Gasteiger partial charge in [-0.15, -0.1) is 0 Å². The van der Waals surface area contributed by atoms with Gasteiger partial charge >= 0.3 is 0 Å². The second-order valence-corrected chi connectivity index (χ2v) is 7.06. The van der Waals surface area contributed by atoms with Crippen molar-refractivity contribution in [1.82, 2.24) is 0 Å². The van der Waals surface area contributed by atoms with Gasteiger partial charge in [-0.3, -0.25) is 4.79 Å². The minimum Gasteiger partial charge on any atom is -0.492 e. The third kappa shape index (κ3) is 3.46. The fourth-order valence-corrected chi connectivity index (χ4v) is 3.49. The van der Waals surface area contributed by atoms with E-state index in [-0.39, 0.29) is 16.8 Å². The Labute approximate surface area is 136 Å². The van der Waals surface area contributed by atoms with Crippen molar-refractivity contribution in [2.24, 2.45) is 5.41 Å². The highest BCUT2D eigenvalue weighted by atomic mass is 19.1. The van der Waals surface area contributed by atoms with Crippen molar-refractivity contribution >= 4 is 12.0 Å². The van der Waals surface area contributed by atoms with Crippen molar-refractivity contribution in [3.63, 3.8) is 0 Å². The lowest BCUT2D eigenvalue weighted by atomic mass is 9.75. The molecular weight excluding hydrogens is 293 g/mol. The predicted molar refractivity (Wildman–Crippen MR) is 88.2 cm³/mol. The number of carbonyl (C=O) groups is 1. The molecule has 2 aliphatic carbocycles. The van der Waals surface area contributed by atoms with Crippen LogP contribution in [-0.4, -0.2) is 18.6 Å². The molecule has 2 fully saturated rings. The fourth-order valence-electron chi connectivity index (χ4n) is 3.49. The number of hydrogen-bond acceptors (Lipinski definition) is 3. The molecule has 1 N–H and O–H groups in total. The van der Waals surface area contributed by atoms with Gasteiger partial charge in [0.2, 0.25) is 0 Å².